The Kier molecular flexibility index (Phi) is 6.16. The van der Waals surface area contributed by atoms with Gasteiger partial charge < -0.3 is 9.22 Å². The molecule has 0 N–H and O–H groups in total. The van der Waals surface area contributed by atoms with Gasteiger partial charge in [0.1, 0.15) is 5.75 Å². The number of rotatable bonds is 8. The largest absolute Gasteiger partial charge is 0.494 e. The second kappa shape index (κ2) is 8.11. The average Bonchev–Trinajstić information content (AvgIpc) is 2.58. The van der Waals surface area contributed by atoms with Crippen molar-refractivity contribution in [3.8, 4) is 5.75 Å². The van der Waals surface area contributed by atoms with Crippen LogP contribution in [0, 0.1) is 0 Å². The standard InChI is InChI=1S/C21H28NO2/c1-5-15-24-19-13-11-18(12-14-19)21(23)20(16-22(2,3)4)17-9-7-6-8-10-17/h6-14,20H,5,15-16H2,1-4H3/q+1/t20-/m1/s1. The first kappa shape index (κ1) is 18.2. The highest BCUT2D eigenvalue weighted by Gasteiger charge is 2.27. The molecule has 1 atom stereocenters. The van der Waals surface area contributed by atoms with E-state index < -0.39 is 0 Å². The summed E-state index contributed by atoms with van der Waals surface area (Å²) in [5, 5.41) is 0. The summed E-state index contributed by atoms with van der Waals surface area (Å²) in [5.41, 5.74) is 1.81. The summed E-state index contributed by atoms with van der Waals surface area (Å²) in [5.74, 6) is 0.834. The van der Waals surface area contributed by atoms with Gasteiger partial charge in [-0.1, -0.05) is 37.3 Å². The van der Waals surface area contributed by atoms with Gasteiger partial charge in [0.05, 0.1) is 40.2 Å². The number of carbonyl (C=O) groups is 1. The summed E-state index contributed by atoms with van der Waals surface area (Å²) in [4.78, 5) is 13.1. The highest BCUT2D eigenvalue weighted by Crippen LogP contribution is 2.24. The number of Topliss-reactive ketones (excluding diaryl/α,β-unsaturated/α-hetero) is 1. The zero-order valence-corrected chi connectivity index (χ0v) is 15.2. The van der Waals surface area contributed by atoms with Gasteiger partial charge in [-0.25, -0.2) is 0 Å². The van der Waals surface area contributed by atoms with E-state index in [1.54, 1.807) is 0 Å². The first-order valence-electron chi connectivity index (χ1n) is 8.53. The van der Waals surface area contributed by atoms with Crippen molar-refractivity contribution in [2.75, 3.05) is 34.3 Å². The van der Waals surface area contributed by atoms with Crippen LogP contribution in [-0.2, 0) is 0 Å². The van der Waals surface area contributed by atoms with Crippen LogP contribution in [0.4, 0.5) is 0 Å². The maximum atomic E-state index is 13.1. The zero-order chi connectivity index (χ0) is 17.6. The smallest absolute Gasteiger partial charge is 0.175 e. The lowest BCUT2D eigenvalue weighted by Crippen LogP contribution is -2.40. The molecule has 0 saturated carbocycles. The molecule has 2 aromatic carbocycles. The monoisotopic (exact) mass is 326 g/mol. The molecule has 3 nitrogen and oxygen atoms in total. The van der Waals surface area contributed by atoms with Gasteiger partial charge in [0.25, 0.3) is 0 Å². The minimum Gasteiger partial charge on any atom is -0.494 e. The number of nitrogens with zero attached hydrogens (tertiary/aromatic N) is 1. The molecule has 3 heteroatoms. The van der Waals surface area contributed by atoms with Crippen molar-refractivity contribution in [2.45, 2.75) is 19.3 Å². The Morgan fingerprint density at radius 1 is 1.00 bits per heavy atom. The van der Waals surface area contributed by atoms with Crippen LogP contribution in [0.1, 0.15) is 35.2 Å². The van der Waals surface area contributed by atoms with E-state index in [0.29, 0.717) is 6.61 Å². The van der Waals surface area contributed by atoms with Crippen molar-refractivity contribution in [3.05, 3.63) is 65.7 Å². The number of carbonyl (C=O) groups excluding carboxylic acids is 1. The predicted molar refractivity (Wildman–Crippen MR) is 98.6 cm³/mol. The van der Waals surface area contributed by atoms with Crippen molar-refractivity contribution in [1.29, 1.82) is 0 Å². The Balaban J connectivity index is 2.24. The maximum Gasteiger partial charge on any atom is 0.175 e. The summed E-state index contributed by atoms with van der Waals surface area (Å²) >= 11 is 0. The highest BCUT2D eigenvalue weighted by atomic mass is 16.5. The molecular weight excluding hydrogens is 298 g/mol. The number of hydrogen-bond donors (Lipinski definition) is 0. The lowest BCUT2D eigenvalue weighted by Gasteiger charge is -2.29. The molecule has 2 aromatic rings. The molecule has 0 amide bonds. The van der Waals surface area contributed by atoms with Gasteiger partial charge in [0, 0.05) is 5.56 Å². The van der Waals surface area contributed by atoms with Crippen molar-refractivity contribution < 1.29 is 14.0 Å². The van der Waals surface area contributed by atoms with E-state index in [9.17, 15) is 4.79 Å². The lowest BCUT2D eigenvalue weighted by atomic mass is 9.90. The second-order valence-electron chi connectivity index (χ2n) is 7.17. The summed E-state index contributed by atoms with van der Waals surface area (Å²) < 4.78 is 6.34. The minimum absolute atomic E-state index is 0.145. The zero-order valence-electron chi connectivity index (χ0n) is 15.2. The third kappa shape index (κ3) is 5.20. The summed E-state index contributed by atoms with van der Waals surface area (Å²) in [6, 6.07) is 17.6. The van der Waals surface area contributed by atoms with Gasteiger partial charge in [-0.15, -0.1) is 0 Å². The minimum atomic E-state index is -0.145. The van der Waals surface area contributed by atoms with Gasteiger partial charge in [-0.2, -0.15) is 0 Å². The van der Waals surface area contributed by atoms with E-state index in [4.69, 9.17) is 4.74 Å². The summed E-state index contributed by atoms with van der Waals surface area (Å²) in [6.45, 7) is 3.53. The number of likely N-dealkylation sites (N-methyl/N-ethyl adjacent to an activating group) is 1. The fourth-order valence-corrected chi connectivity index (χ4v) is 2.71. The van der Waals surface area contributed by atoms with Crippen molar-refractivity contribution in [3.63, 3.8) is 0 Å². The predicted octanol–water partition coefficient (Wildman–Crippen LogP) is 4.15. The molecule has 0 saturated heterocycles. The van der Waals surface area contributed by atoms with Crippen molar-refractivity contribution in [1.82, 2.24) is 0 Å². The van der Waals surface area contributed by atoms with E-state index in [-0.39, 0.29) is 11.7 Å². The van der Waals surface area contributed by atoms with Crippen LogP contribution in [0.25, 0.3) is 0 Å². The fourth-order valence-electron chi connectivity index (χ4n) is 2.71. The number of benzene rings is 2. The van der Waals surface area contributed by atoms with E-state index in [0.717, 1.165) is 34.3 Å². The van der Waals surface area contributed by atoms with E-state index in [1.807, 2.05) is 54.6 Å². The molecule has 0 unspecified atom stereocenters. The Bertz CT molecular complexity index is 642. The van der Waals surface area contributed by atoms with Gasteiger partial charge in [0.15, 0.2) is 5.78 Å². The van der Waals surface area contributed by atoms with Crippen LogP contribution in [0.3, 0.4) is 0 Å². The van der Waals surface area contributed by atoms with Gasteiger partial charge in [0.2, 0.25) is 0 Å². The normalized spacial score (nSPS) is 12.7. The molecule has 0 aliphatic rings. The Morgan fingerprint density at radius 3 is 2.17 bits per heavy atom. The molecule has 128 valence electrons. The molecule has 0 bridgehead atoms. The van der Waals surface area contributed by atoms with Crippen molar-refractivity contribution in [2.24, 2.45) is 0 Å². The van der Waals surface area contributed by atoms with Gasteiger partial charge >= 0.3 is 0 Å². The number of ketones is 1. The van der Waals surface area contributed by atoms with Crippen LogP contribution in [0.2, 0.25) is 0 Å². The van der Waals surface area contributed by atoms with Crippen LogP contribution >= 0.6 is 0 Å². The fraction of sp³-hybridized carbons (Fsp3) is 0.381. The topological polar surface area (TPSA) is 26.3 Å². The SMILES string of the molecule is CCCOc1ccc(C(=O)[C@H](C[N+](C)(C)C)c2ccccc2)cc1. The molecule has 2 rings (SSSR count). The summed E-state index contributed by atoms with van der Waals surface area (Å²) in [6.07, 6.45) is 0.972. The van der Waals surface area contributed by atoms with E-state index in [1.165, 1.54) is 0 Å². The molecular formula is C21H28NO2+. The van der Waals surface area contributed by atoms with E-state index >= 15 is 0 Å². The van der Waals surface area contributed by atoms with E-state index in [2.05, 4.69) is 28.1 Å². The number of hydrogen-bond acceptors (Lipinski definition) is 2. The molecule has 0 radical (unpaired) electrons. The molecule has 0 aliphatic carbocycles. The van der Waals surface area contributed by atoms with Crippen LogP contribution in [-0.4, -0.2) is 44.6 Å². The average molecular weight is 326 g/mol. The summed E-state index contributed by atoms with van der Waals surface area (Å²) in [7, 11) is 6.35. The quantitative estimate of drug-likeness (QED) is 0.538. The molecule has 24 heavy (non-hydrogen) atoms. The van der Waals surface area contributed by atoms with Crippen LogP contribution in [0.15, 0.2) is 54.6 Å². The first-order valence-corrected chi connectivity index (χ1v) is 8.53. The third-order valence-corrected chi connectivity index (χ3v) is 3.86. The molecule has 0 fully saturated rings. The molecule has 0 aromatic heterocycles. The van der Waals surface area contributed by atoms with Crippen molar-refractivity contribution >= 4 is 5.78 Å². The molecule has 0 spiro atoms. The molecule has 0 heterocycles. The lowest BCUT2D eigenvalue weighted by molar-refractivity contribution is -0.870. The Labute approximate surface area is 145 Å². The Morgan fingerprint density at radius 2 is 1.62 bits per heavy atom. The van der Waals surface area contributed by atoms with Gasteiger partial charge in [-0.05, 0) is 36.2 Å². The Hall–Kier alpha value is -2.13. The van der Waals surface area contributed by atoms with Crippen LogP contribution in [0.5, 0.6) is 5.75 Å². The maximum absolute atomic E-state index is 13.1. The number of quaternary nitrogens is 1. The third-order valence-electron chi connectivity index (χ3n) is 3.86. The van der Waals surface area contributed by atoms with Gasteiger partial charge in [-0.3, -0.25) is 4.79 Å². The second-order valence-corrected chi connectivity index (χ2v) is 7.17. The number of ether oxygens (including phenoxy) is 1. The first-order chi connectivity index (χ1) is 11.4. The van der Waals surface area contributed by atoms with Crippen LogP contribution < -0.4 is 4.74 Å². The highest BCUT2D eigenvalue weighted by molar-refractivity contribution is 6.01. The molecule has 0 aliphatic heterocycles.